The minimum absolute atomic E-state index is 0.230. The summed E-state index contributed by atoms with van der Waals surface area (Å²) >= 11 is 7.55. The molecule has 0 heterocycles. The van der Waals surface area contributed by atoms with Crippen LogP contribution in [0.1, 0.15) is 15.9 Å². The second kappa shape index (κ2) is 8.51. The number of hydrogen-bond acceptors (Lipinski definition) is 3. The van der Waals surface area contributed by atoms with Gasteiger partial charge in [0, 0.05) is 20.4 Å². The zero-order chi connectivity index (χ0) is 17.5. The molecule has 3 rings (SSSR count). The van der Waals surface area contributed by atoms with Gasteiger partial charge in [0.05, 0.1) is 6.21 Å². The molecule has 25 heavy (non-hydrogen) atoms. The number of halogens is 1. The van der Waals surface area contributed by atoms with Crippen LogP contribution in [0, 0.1) is 0 Å². The first-order valence-corrected chi connectivity index (χ1v) is 8.82. The van der Waals surface area contributed by atoms with Gasteiger partial charge in [-0.25, -0.2) is 5.43 Å². The van der Waals surface area contributed by atoms with Gasteiger partial charge in [-0.3, -0.25) is 4.79 Å². The normalized spacial score (nSPS) is 10.8. The van der Waals surface area contributed by atoms with Crippen LogP contribution in [-0.2, 0) is 0 Å². The summed E-state index contributed by atoms with van der Waals surface area (Å²) in [6.45, 7) is 0. The van der Waals surface area contributed by atoms with E-state index < -0.39 is 0 Å². The Morgan fingerprint density at radius 2 is 1.48 bits per heavy atom. The maximum Gasteiger partial charge on any atom is 0.271 e. The fraction of sp³-hybridized carbons (Fsp3) is 0. The predicted octanol–water partition coefficient (Wildman–Crippen LogP) is 5.26. The molecule has 0 unspecified atom stereocenters. The number of benzene rings is 3. The highest BCUT2D eigenvalue weighted by molar-refractivity contribution is 7.99. The number of nitrogens with zero attached hydrogens (tertiary/aromatic N) is 1. The summed E-state index contributed by atoms with van der Waals surface area (Å²) in [7, 11) is 0. The van der Waals surface area contributed by atoms with Crippen molar-refractivity contribution in [3.05, 3.63) is 95.0 Å². The zero-order valence-corrected chi connectivity index (χ0v) is 14.8. The van der Waals surface area contributed by atoms with Crippen molar-refractivity contribution in [3.8, 4) is 0 Å². The molecular formula is C20H15ClN2OS. The lowest BCUT2D eigenvalue weighted by molar-refractivity contribution is 0.0955. The Kier molecular flexibility index (Phi) is 5.88. The number of carbonyl (C=O) groups is 1. The van der Waals surface area contributed by atoms with Gasteiger partial charge in [0.1, 0.15) is 0 Å². The summed E-state index contributed by atoms with van der Waals surface area (Å²) in [6.07, 6.45) is 1.62. The van der Waals surface area contributed by atoms with Crippen LogP contribution < -0.4 is 5.43 Å². The molecule has 3 nitrogen and oxygen atoms in total. The monoisotopic (exact) mass is 366 g/mol. The minimum atomic E-state index is -0.230. The van der Waals surface area contributed by atoms with Crippen LogP contribution in [0.2, 0.25) is 5.02 Å². The van der Waals surface area contributed by atoms with Crippen LogP contribution in [0.5, 0.6) is 0 Å². The summed E-state index contributed by atoms with van der Waals surface area (Å²) in [5.74, 6) is -0.230. The van der Waals surface area contributed by atoms with Gasteiger partial charge < -0.3 is 0 Å². The molecule has 1 N–H and O–H groups in total. The van der Waals surface area contributed by atoms with Crippen molar-refractivity contribution in [2.75, 3.05) is 0 Å². The van der Waals surface area contributed by atoms with E-state index in [1.807, 2.05) is 66.7 Å². The van der Waals surface area contributed by atoms with Crippen LogP contribution in [0.15, 0.2) is 93.8 Å². The van der Waals surface area contributed by atoms with Crippen LogP contribution in [0.25, 0.3) is 0 Å². The molecule has 3 aromatic carbocycles. The van der Waals surface area contributed by atoms with E-state index in [1.54, 1.807) is 30.1 Å². The Morgan fingerprint density at radius 3 is 2.12 bits per heavy atom. The average Bonchev–Trinajstić information content (AvgIpc) is 2.66. The SMILES string of the molecule is O=C(N/N=C\c1ccc(Sc2ccc(Cl)cc2)cc1)c1ccccc1. The number of nitrogens with one attached hydrogen (secondary N) is 1. The molecule has 0 saturated carbocycles. The quantitative estimate of drug-likeness (QED) is 0.494. The minimum Gasteiger partial charge on any atom is -0.267 e. The Morgan fingerprint density at radius 1 is 0.880 bits per heavy atom. The van der Waals surface area contributed by atoms with Crippen LogP contribution in [0.4, 0.5) is 0 Å². The summed E-state index contributed by atoms with van der Waals surface area (Å²) < 4.78 is 0. The van der Waals surface area contributed by atoms with E-state index in [-0.39, 0.29) is 5.91 Å². The van der Waals surface area contributed by atoms with E-state index in [1.165, 1.54) is 0 Å². The molecule has 0 saturated heterocycles. The van der Waals surface area contributed by atoms with Gasteiger partial charge in [-0.2, -0.15) is 5.10 Å². The average molecular weight is 367 g/mol. The maximum absolute atomic E-state index is 11.9. The lowest BCUT2D eigenvalue weighted by atomic mass is 10.2. The first kappa shape index (κ1) is 17.3. The third kappa shape index (κ3) is 5.21. The highest BCUT2D eigenvalue weighted by Crippen LogP contribution is 2.28. The van der Waals surface area contributed by atoms with Crippen LogP contribution in [0.3, 0.4) is 0 Å². The van der Waals surface area contributed by atoms with Gasteiger partial charge in [0.25, 0.3) is 5.91 Å². The van der Waals surface area contributed by atoms with E-state index in [2.05, 4.69) is 10.5 Å². The molecule has 5 heteroatoms. The molecular weight excluding hydrogens is 352 g/mol. The zero-order valence-electron chi connectivity index (χ0n) is 13.2. The second-order valence-electron chi connectivity index (χ2n) is 5.19. The molecule has 0 atom stereocenters. The van der Waals surface area contributed by atoms with Gasteiger partial charge in [-0.15, -0.1) is 0 Å². The van der Waals surface area contributed by atoms with Crippen molar-refractivity contribution < 1.29 is 4.79 Å². The van der Waals surface area contributed by atoms with E-state index in [4.69, 9.17) is 11.6 Å². The Labute approximate surface area is 155 Å². The molecule has 3 aromatic rings. The van der Waals surface area contributed by atoms with Crippen molar-refractivity contribution in [2.45, 2.75) is 9.79 Å². The third-order valence-electron chi connectivity index (χ3n) is 3.35. The smallest absolute Gasteiger partial charge is 0.267 e. The standard InChI is InChI=1S/C20H15ClN2OS/c21-17-8-12-19(13-9-17)25-18-10-6-15(7-11-18)14-22-23-20(24)16-4-2-1-3-5-16/h1-14H,(H,23,24)/b22-14-. The van der Waals surface area contributed by atoms with Crippen molar-refractivity contribution >= 4 is 35.5 Å². The Hall–Kier alpha value is -2.56. The Balaban J connectivity index is 1.57. The van der Waals surface area contributed by atoms with Gasteiger partial charge in [-0.05, 0) is 54.1 Å². The highest BCUT2D eigenvalue weighted by Gasteiger charge is 2.01. The molecule has 1 amide bonds. The Bertz CT molecular complexity index is 862. The second-order valence-corrected chi connectivity index (χ2v) is 6.77. The summed E-state index contributed by atoms with van der Waals surface area (Å²) in [6, 6.07) is 24.6. The molecule has 124 valence electrons. The number of rotatable bonds is 5. The van der Waals surface area contributed by atoms with E-state index in [0.717, 1.165) is 20.4 Å². The van der Waals surface area contributed by atoms with Crippen molar-refractivity contribution in [1.29, 1.82) is 0 Å². The van der Waals surface area contributed by atoms with E-state index in [0.29, 0.717) is 5.56 Å². The molecule has 0 bridgehead atoms. The van der Waals surface area contributed by atoms with Crippen molar-refractivity contribution in [3.63, 3.8) is 0 Å². The number of hydrazone groups is 1. The lowest BCUT2D eigenvalue weighted by Gasteiger charge is -2.02. The summed E-state index contributed by atoms with van der Waals surface area (Å²) in [5, 5.41) is 4.73. The van der Waals surface area contributed by atoms with Crippen LogP contribution in [-0.4, -0.2) is 12.1 Å². The van der Waals surface area contributed by atoms with Crippen molar-refractivity contribution in [1.82, 2.24) is 5.43 Å². The molecule has 0 spiro atoms. The number of amides is 1. The fourth-order valence-corrected chi connectivity index (χ4v) is 3.02. The number of hydrogen-bond donors (Lipinski definition) is 1. The maximum atomic E-state index is 11.9. The van der Waals surface area contributed by atoms with Crippen LogP contribution >= 0.6 is 23.4 Å². The van der Waals surface area contributed by atoms with E-state index >= 15 is 0 Å². The van der Waals surface area contributed by atoms with E-state index in [9.17, 15) is 4.79 Å². The molecule has 0 fully saturated rings. The lowest BCUT2D eigenvalue weighted by Crippen LogP contribution is -2.17. The van der Waals surface area contributed by atoms with Crippen molar-refractivity contribution in [2.24, 2.45) is 5.10 Å². The highest BCUT2D eigenvalue weighted by atomic mass is 35.5. The van der Waals surface area contributed by atoms with Gasteiger partial charge in [0.15, 0.2) is 0 Å². The van der Waals surface area contributed by atoms with Gasteiger partial charge >= 0.3 is 0 Å². The molecule has 0 aliphatic rings. The first-order valence-electron chi connectivity index (χ1n) is 7.63. The predicted molar refractivity (Wildman–Crippen MR) is 104 cm³/mol. The molecule has 0 aliphatic heterocycles. The third-order valence-corrected chi connectivity index (χ3v) is 4.61. The summed E-state index contributed by atoms with van der Waals surface area (Å²) in [5.41, 5.74) is 4.01. The molecule has 0 aromatic heterocycles. The largest absolute Gasteiger partial charge is 0.271 e. The molecule has 0 radical (unpaired) electrons. The van der Waals surface area contributed by atoms with Gasteiger partial charge in [-0.1, -0.05) is 53.7 Å². The number of carbonyl (C=O) groups excluding carboxylic acids is 1. The first-order chi connectivity index (χ1) is 12.2. The fourth-order valence-electron chi connectivity index (χ4n) is 2.08. The van der Waals surface area contributed by atoms with Gasteiger partial charge in [0.2, 0.25) is 0 Å². The topological polar surface area (TPSA) is 41.5 Å². The molecule has 0 aliphatic carbocycles. The summed E-state index contributed by atoms with van der Waals surface area (Å²) in [4.78, 5) is 14.1.